The molecule has 1 fully saturated rings. The molecule has 0 spiro atoms. The third-order valence-electron chi connectivity index (χ3n) is 3.68. The zero-order chi connectivity index (χ0) is 11.8. The highest BCUT2D eigenvalue weighted by Crippen LogP contribution is 2.58. The molecule has 1 unspecified atom stereocenters. The van der Waals surface area contributed by atoms with Gasteiger partial charge in [-0.1, -0.05) is 19.1 Å². The van der Waals surface area contributed by atoms with E-state index in [9.17, 15) is 9.18 Å². The molecule has 1 atom stereocenters. The van der Waals surface area contributed by atoms with Gasteiger partial charge in [0.15, 0.2) is 0 Å². The van der Waals surface area contributed by atoms with Crippen LogP contribution in [0.2, 0.25) is 0 Å². The van der Waals surface area contributed by atoms with E-state index in [4.69, 9.17) is 5.11 Å². The molecule has 86 valence electrons. The van der Waals surface area contributed by atoms with Crippen molar-refractivity contribution >= 4 is 5.97 Å². The Hall–Kier alpha value is -1.38. The van der Waals surface area contributed by atoms with Crippen molar-refractivity contribution in [1.29, 1.82) is 0 Å². The molecule has 0 saturated heterocycles. The molecule has 1 aromatic carbocycles. The van der Waals surface area contributed by atoms with Gasteiger partial charge in [-0.25, -0.2) is 4.39 Å². The molecule has 2 nitrogen and oxygen atoms in total. The number of halogens is 1. The molecule has 2 rings (SSSR count). The average Bonchev–Trinajstić information content (AvgIpc) is 2.98. The monoisotopic (exact) mass is 222 g/mol. The number of carbonyl (C=O) groups is 1. The summed E-state index contributed by atoms with van der Waals surface area (Å²) in [6.45, 7) is 2.03. The van der Waals surface area contributed by atoms with Gasteiger partial charge in [0.05, 0.1) is 6.42 Å². The van der Waals surface area contributed by atoms with E-state index < -0.39 is 5.97 Å². The summed E-state index contributed by atoms with van der Waals surface area (Å²) in [5, 5.41) is 8.87. The lowest BCUT2D eigenvalue weighted by atomic mass is 9.82. The maximum Gasteiger partial charge on any atom is 0.303 e. The van der Waals surface area contributed by atoms with Crippen molar-refractivity contribution in [2.24, 2.45) is 5.41 Å². The summed E-state index contributed by atoms with van der Waals surface area (Å²) in [6.07, 6.45) is 2.13. The Kier molecular flexibility index (Phi) is 2.70. The fraction of sp³-hybridized carbons (Fsp3) is 0.462. The first-order chi connectivity index (χ1) is 7.53. The molecule has 0 heterocycles. The molecule has 3 heteroatoms. The largest absolute Gasteiger partial charge is 0.481 e. The van der Waals surface area contributed by atoms with Crippen molar-refractivity contribution in [2.75, 3.05) is 0 Å². The molecule has 0 radical (unpaired) electrons. The van der Waals surface area contributed by atoms with Crippen LogP contribution in [0.25, 0.3) is 0 Å². The highest BCUT2D eigenvalue weighted by molar-refractivity contribution is 5.68. The maximum absolute atomic E-state index is 12.8. The average molecular weight is 222 g/mol. The Bertz CT molecular complexity index is 393. The number of hydrogen-bond donors (Lipinski definition) is 1. The second kappa shape index (κ2) is 3.89. The quantitative estimate of drug-likeness (QED) is 0.849. The number of carboxylic acid groups (broad SMARTS) is 1. The number of hydrogen-bond acceptors (Lipinski definition) is 1. The summed E-state index contributed by atoms with van der Waals surface area (Å²) in [6, 6.07) is 6.37. The van der Waals surface area contributed by atoms with Crippen LogP contribution in [0, 0.1) is 11.2 Å². The lowest BCUT2D eigenvalue weighted by Crippen LogP contribution is -2.15. The van der Waals surface area contributed by atoms with Gasteiger partial charge < -0.3 is 5.11 Å². The van der Waals surface area contributed by atoms with Gasteiger partial charge in [0.1, 0.15) is 5.82 Å². The molecule has 1 aromatic rings. The number of benzene rings is 1. The molecule has 1 aliphatic carbocycles. The predicted octanol–water partition coefficient (Wildman–Crippen LogP) is 3.18. The summed E-state index contributed by atoms with van der Waals surface area (Å²) in [5.74, 6) is -0.810. The van der Waals surface area contributed by atoms with E-state index in [1.807, 2.05) is 6.92 Å². The standard InChI is InChI=1S/C13H15FO2/c1-9(10-2-4-11(14)5-3-10)13(6-7-13)8-12(15)16/h2-5,9H,6-8H2,1H3,(H,15,16). The SMILES string of the molecule is CC(c1ccc(F)cc1)C1(CC(=O)O)CC1. The smallest absolute Gasteiger partial charge is 0.303 e. The van der Waals surface area contributed by atoms with Gasteiger partial charge >= 0.3 is 5.97 Å². The summed E-state index contributed by atoms with van der Waals surface area (Å²) >= 11 is 0. The highest BCUT2D eigenvalue weighted by atomic mass is 19.1. The van der Waals surface area contributed by atoms with Crippen molar-refractivity contribution in [3.8, 4) is 0 Å². The minimum atomic E-state index is -0.744. The lowest BCUT2D eigenvalue weighted by Gasteiger charge is -2.22. The third-order valence-corrected chi connectivity index (χ3v) is 3.68. The van der Waals surface area contributed by atoms with Gasteiger partial charge in [0.2, 0.25) is 0 Å². The van der Waals surface area contributed by atoms with E-state index in [2.05, 4.69) is 0 Å². The molecule has 16 heavy (non-hydrogen) atoms. The third kappa shape index (κ3) is 2.08. The number of carboxylic acids is 1. The van der Waals surface area contributed by atoms with Crippen LogP contribution in [0.1, 0.15) is 37.7 Å². The van der Waals surface area contributed by atoms with Crippen molar-refractivity contribution in [3.05, 3.63) is 35.6 Å². The van der Waals surface area contributed by atoms with Crippen LogP contribution in [0.5, 0.6) is 0 Å². The zero-order valence-electron chi connectivity index (χ0n) is 9.24. The van der Waals surface area contributed by atoms with E-state index in [1.165, 1.54) is 12.1 Å². The summed E-state index contributed by atoms with van der Waals surface area (Å²) in [4.78, 5) is 10.8. The van der Waals surface area contributed by atoms with E-state index in [0.717, 1.165) is 18.4 Å². The molecule has 0 aromatic heterocycles. The first-order valence-electron chi connectivity index (χ1n) is 5.51. The molecule has 0 bridgehead atoms. The van der Waals surface area contributed by atoms with Crippen LogP contribution in [-0.2, 0) is 4.79 Å². The second-order valence-corrected chi connectivity index (χ2v) is 4.71. The van der Waals surface area contributed by atoms with Crippen molar-refractivity contribution in [1.82, 2.24) is 0 Å². The molecule has 0 aliphatic heterocycles. The zero-order valence-corrected chi connectivity index (χ0v) is 9.24. The van der Waals surface area contributed by atoms with Gasteiger partial charge in [-0.15, -0.1) is 0 Å². The van der Waals surface area contributed by atoms with Crippen LogP contribution in [0.3, 0.4) is 0 Å². The van der Waals surface area contributed by atoms with Crippen molar-refractivity contribution in [2.45, 2.75) is 32.1 Å². The first kappa shape index (κ1) is 11.1. The Morgan fingerprint density at radius 2 is 2.00 bits per heavy atom. The van der Waals surface area contributed by atoms with Crippen LogP contribution in [0.15, 0.2) is 24.3 Å². The summed E-state index contributed by atoms with van der Waals surface area (Å²) < 4.78 is 12.8. The Balaban J connectivity index is 2.15. The minimum Gasteiger partial charge on any atom is -0.481 e. The Labute approximate surface area is 94.1 Å². The summed E-state index contributed by atoms with van der Waals surface area (Å²) in [5.41, 5.74) is 0.934. The van der Waals surface area contributed by atoms with E-state index in [-0.39, 0.29) is 23.6 Å². The van der Waals surface area contributed by atoms with Gasteiger partial charge in [0, 0.05) is 0 Å². The number of aliphatic carboxylic acids is 1. The first-order valence-corrected chi connectivity index (χ1v) is 5.51. The molecular formula is C13H15FO2. The lowest BCUT2D eigenvalue weighted by molar-refractivity contribution is -0.138. The molecule has 1 aliphatic rings. The topological polar surface area (TPSA) is 37.3 Å². The van der Waals surface area contributed by atoms with Crippen LogP contribution >= 0.6 is 0 Å². The summed E-state index contributed by atoms with van der Waals surface area (Å²) in [7, 11) is 0. The fourth-order valence-corrected chi connectivity index (χ4v) is 2.33. The molecule has 1 saturated carbocycles. The van der Waals surface area contributed by atoms with Crippen LogP contribution in [0.4, 0.5) is 4.39 Å². The Morgan fingerprint density at radius 1 is 1.44 bits per heavy atom. The van der Waals surface area contributed by atoms with Gasteiger partial charge in [-0.2, -0.15) is 0 Å². The minimum absolute atomic E-state index is 0.0936. The van der Waals surface area contributed by atoms with Crippen molar-refractivity contribution < 1.29 is 14.3 Å². The van der Waals surface area contributed by atoms with Crippen molar-refractivity contribution in [3.63, 3.8) is 0 Å². The van der Waals surface area contributed by atoms with Crippen LogP contribution in [-0.4, -0.2) is 11.1 Å². The molecule has 0 amide bonds. The van der Waals surface area contributed by atoms with E-state index in [0.29, 0.717) is 0 Å². The van der Waals surface area contributed by atoms with E-state index >= 15 is 0 Å². The Morgan fingerprint density at radius 3 is 2.44 bits per heavy atom. The van der Waals surface area contributed by atoms with Gasteiger partial charge in [-0.3, -0.25) is 4.79 Å². The number of rotatable bonds is 4. The van der Waals surface area contributed by atoms with Gasteiger partial charge in [-0.05, 0) is 41.9 Å². The fourth-order valence-electron chi connectivity index (χ4n) is 2.33. The molecule has 1 N–H and O–H groups in total. The normalized spacial score (nSPS) is 19.1. The predicted molar refractivity (Wildman–Crippen MR) is 58.7 cm³/mol. The maximum atomic E-state index is 12.8. The van der Waals surface area contributed by atoms with Gasteiger partial charge in [0.25, 0.3) is 0 Å². The highest BCUT2D eigenvalue weighted by Gasteiger charge is 2.49. The second-order valence-electron chi connectivity index (χ2n) is 4.71. The van der Waals surface area contributed by atoms with Crippen LogP contribution < -0.4 is 0 Å². The molecular weight excluding hydrogens is 207 g/mol. The van der Waals surface area contributed by atoms with E-state index in [1.54, 1.807) is 12.1 Å².